The number of benzene rings is 3. The van der Waals surface area contributed by atoms with Crippen molar-refractivity contribution in [3.63, 3.8) is 0 Å². The Hall–Kier alpha value is -3.22. The molecule has 0 bridgehead atoms. The molecular weight excluding hydrogens is 427 g/mol. The number of halogens is 2. The number of rotatable bonds is 8. The summed E-state index contributed by atoms with van der Waals surface area (Å²) >= 11 is 12.4. The lowest BCUT2D eigenvalue weighted by atomic mass is 10.1. The highest BCUT2D eigenvalue weighted by Crippen LogP contribution is 2.37. The zero-order valence-corrected chi connectivity index (χ0v) is 17.2. The van der Waals surface area contributed by atoms with E-state index >= 15 is 0 Å². The number of anilines is 2. The average molecular weight is 445 g/mol. The third-order valence-electron chi connectivity index (χ3n) is 4.00. The third kappa shape index (κ3) is 6.14. The standard InChI is InChI=1S/C22H18Cl2N2O4/c23-18-10-14(12-21(28)29)11-19(24)22(18)30-17-8-6-16(7-9-17)26-20(27)13-25-15-4-2-1-3-5-15/h1-11,25H,12-13H2,(H,26,27)(H,28,29). The molecule has 8 heteroatoms. The van der Waals surface area contributed by atoms with Crippen LogP contribution in [0.1, 0.15) is 5.56 Å². The van der Waals surface area contributed by atoms with Gasteiger partial charge in [0.05, 0.1) is 23.0 Å². The molecule has 0 aliphatic carbocycles. The van der Waals surface area contributed by atoms with Gasteiger partial charge in [0.25, 0.3) is 0 Å². The number of carbonyl (C=O) groups excluding carboxylic acids is 1. The van der Waals surface area contributed by atoms with Gasteiger partial charge in [0, 0.05) is 11.4 Å². The molecule has 0 atom stereocenters. The van der Waals surface area contributed by atoms with Crippen molar-refractivity contribution in [1.29, 1.82) is 0 Å². The molecule has 3 N–H and O–H groups in total. The number of ether oxygens (including phenoxy) is 1. The highest BCUT2D eigenvalue weighted by molar-refractivity contribution is 6.37. The Bertz CT molecular complexity index is 1020. The van der Waals surface area contributed by atoms with E-state index < -0.39 is 5.97 Å². The fourth-order valence-electron chi connectivity index (χ4n) is 2.65. The minimum atomic E-state index is -0.979. The van der Waals surface area contributed by atoms with E-state index in [0.29, 0.717) is 17.0 Å². The van der Waals surface area contributed by atoms with Crippen LogP contribution in [0.15, 0.2) is 66.7 Å². The number of aliphatic carboxylic acids is 1. The van der Waals surface area contributed by atoms with Gasteiger partial charge in [-0.3, -0.25) is 9.59 Å². The van der Waals surface area contributed by atoms with Gasteiger partial charge in [-0.15, -0.1) is 0 Å². The van der Waals surface area contributed by atoms with Crippen LogP contribution in [0.2, 0.25) is 10.0 Å². The maximum absolute atomic E-state index is 12.1. The smallest absolute Gasteiger partial charge is 0.307 e. The van der Waals surface area contributed by atoms with Crippen LogP contribution in [-0.4, -0.2) is 23.5 Å². The maximum Gasteiger partial charge on any atom is 0.307 e. The van der Waals surface area contributed by atoms with Gasteiger partial charge in [-0.05, 0) is 54.1 Å². The summed E-state index contributed by atoms with van der Waals surface area (Å²) in [6, 6.07) is 19.2. The van der Waals surface area contributed by atoms with Crippen molar-refractivity contribution in [3.8, 4) is 11.5 Å². The molecule has 30 heavy (non-hydrogen) atoms. The normalized spacial score (nSPS) is 10.3. The Balaban J connectivity index is 1.59. The molecule has 0 fully saturated rings. The molecule has 6 nitrogen and oxygen atoms in total. The quantitative estimate of drug-likeness (QED) is 0.429. The lowest BCUT2D eigenvalue weighted by Gasteiger charge is -2.12. The first-order valence-corrected chi connectivity index (χ1v) is 9.72. The number of nitrogens with one attached hydrogen (secondary N) is 2. The molecule has 0 saturated heterocycles. The minimum absolute atomic E-state index is 0.135. The maximum atomic E-state index is 12.1. The van der Waals surface area contributed by atoms with E-state index in [2.05, 4.69) is 10.6 Å². The average Bonchev–Trinajstić information content (AvgIpc) is 2.71. The Morgan fingerprint density at radius 1 is 0.900 bits per heavy atom. The highest BCUT2D eigenvalue weighted by atomic mass is 35.5. The molecule has 1 amide bonds. The van der Waals surface area contributed by atoms with Crippen LogP contribution in [0.4, 0.5) is 11.4 Å². The Labute approximate surface area is 183 Å². The summed E-state index contributed by atoms with van der Waals surface area (Å²) in [5, 5.41) is 15.1. The van der Waals surface area contributed by atoms with E-state index in [9.17, 15) is 9.59 Å². The summed E-state index contributed by atoms with van der Waals surface area (Å²) in [5.41, 5.74) is 1.95. The van der Waals surface area contributed by atoms with Gasteiger partial charge in [0.2, 0.25) is 5.91 Å². The van der Waals surface area contributed by atoms with Crippen LogP contribution in [0.3, 0.4) is 0 Å². The number of amides is 1. The second-order valence-corrected chi connectivity index (χ2v) is 7.17. The third-order valence-corrected chi connectivity index (χ3v) is 4.56. The zero-order valence-electron chi connectivity index (χ0n) is 15.7. The summed E-state index contributed by atoms with van der Waals surface area (Å²) in [5.74, 6) is -0.471. The molecule has 0 aliphatic heterocycles. The van der Waals surface area contributed by atoms with Crippen LogP contribution in [-0.2, 0) is 16.0 Å². The molecule has 0 aliphatic rings. The monoisotopic (exact) mass is 444 g/mol. The largest absolute Gasteiger partial charge is 0.481 e. The molecule has 0 saturated carbocycles. The molecule has 3 aromatic carbocycles. The van der Waals surface area contributed by atoms with Crippen molar-refractivity contribution < 1.29 is 19.4 Å². The fourth-order valence-corrected chi connectivity index (χ4v) is 3.26. The number of carboxylic acid groups (broad SMARTS) is 1. The Morgan fingerprint density at radius 3 is 2.13 bits per heavy atom. The van der Waals surface area contributed by atoms with E-state index in [1.807, 2.05) is 30.3 Å². The van der Waals surface area contributed by atoms with Crippen molar-refractivity contribution in [2.75, 3.05) is 17.2 Å². The Kier molecular flexibility index (Phi) is 7.17. The van der Waals surface area contributed by atoms with Gasteiger partial charge < -0.3 is 20.5 Å². The molecule has 154 valence electrons. The molecule has 0 aromatic heterocycles. The van der Waals surface area contributed by atoms with Gasteiger partial charge in [-0.25, -0.2) is 0 Å². The van der Waals surface area contributed by atoms with Crippen molar-refractivity contribution in [3.05, 3.63) is 82.3 Å². The van der Waals surface area contributed by atoms with Crippen LogP contribution in [0.5, 0.6) is 11.5 Å². The van der Waals surface area contributed by atoms with Gasteiger partial charge >= 0.3 is 5.97 Å². The molecular formula is C22H18Cl2N2O4. The van der Waals surface area contributed by atoms with Gasteiger partial charge in [-0.2, -0.15) is 0 Å². The van der Waals surface area contributed by atoms with E-state index in [1.54, 1.807) is 24.3 Å². The van der Waals surface area contributed by atoms with Crippen LogP contribution < -0.4 is 15.4 Å². The van der Waals surface area contributed by atoms with Gasteiger partial charge in [0.15, 0.2) is 5.75 Å². The topological polar surface area (TPSA) is 87.7 Å². The SMILES string of the molecule is O=C(O)Cc1cc(Cl)c(Oc2ccc(NC(=O)CNc3ccccc3)cc2)c(Cl)c1. The number of hydrogen-bond acceptors (Lipinski definition) is 4. The van der Waals surface area contributed by atoms with Crippen LogP contribution in [0, 0.1) is 0 Å². The Morgan fingerprint density at radius 2 is 1.53 bits per heavy atom. The molecule has 0 unspecified atom stereocenters. The molecule has 3 aromatic rings. The van der Waals surface area contributed by atoms with E-state index in [1.165, 1.54) is 12.1 Å². The summed E-state index contributed by atoms with van der Waals surface area (Å²) in [4.78, 5) is 22.9. The predicted molar refractivity (Wildman–Crippen MR) is 118 cm³/mol. The van der Waals surface area contributed by atoms with Crippen molar-refractivity contribution in [2.45, 2.75) is 6.42 Å². The van der Waals surface area contributed by atoms with Crippen molar-refractivity contribution >= 4 is 46.5 Å². The van der Waals surface area contributed by atoms with Crippen molar-refractivity contribution in [2.24, 2.45) is 0 Å². The summed E-state index contributed by atoms with van der Waals surface area (Å²) in [6.07, 6.45) is -0.187. The first kappa shape index (κ1) is 21.5. The lowest BCUT2D eigenvalue weighted by Crippen LogP contribution is -2.21. The first-order valence-electron chi connectivity index (χ1n) is 8.97. The molecule has 3 rings (SSSR count). The summed E-state index contributed by atoms with van der Waals surface area (Å²) in [6.45, 7) is 0.135. The van der Waals surface area contributed by atoms with E-state index in [-0.39, 0.29) is 34.7 Å². The predicted octanol–water partition coefficient (Wildman–Crippen LogP) is 5.46. The van der Waals surface area contributed by atoms with E-state index in [4.69, 9.17) is 33.0 Å². The summed E-state index contributed by atoms with van der Waals surface area (Å²) in [7, 11) is 0. The molecule has 0 heterocycles. The minimum Gasteiger partial charge on any atom is -0.481 e. The van der Waals surface area contributed by atoms with Gasteiger partial charge in [0.1, 0.15) is 5.75 Å². The van der Waals surface area contributed by atoms with E-state index in [0.717, 1.165) is 5.69 Å². The van der Waals surface area contributed by atoms with Crippen LogP contribution in [0.25, 0.3) is 0 Å². The number of carbonyl (C=O) groups is 2. The fraction of sp³-hybridized carbons (Fsp3) is 0.0909. The molecule has 0 radical (unpaired) electrons. The number of para-hydroxylation sites is 1. The molecule has 0 spiro atoms. The van der Waals surface area contributed by atoms with Crippen molar-refractivity contribution in [1.82, 2.24) is 0 Å². The highest BCUT2D eigenvalue weighted by Gasteiger charge is 2.13. The summed E-state index contributed by atoms with van der Waals surface area (Å²) < 4.78 is 5.73. The second-order valence-electron chi connectivity index (χ2n) is 6.35. The lowest BCUT2D eigenvalue weighted by molar-refractivity contribution is -0.136. The van der Waals surface area contributed by atoms with Gasteiger partial charge in [-0.1, -0.05) is 41.4 Å². The second kappa shape index (κ2) is 10.0. The zero-order chi connectivity index (χ0) is 21.5. The first-order chi connectivity index (χ1) is 14.4. The number of carboxylic acids is 1. The van der Waals surface area contributed by atoms with Crippen LogP contribution >= 0.6 is 23.2 Å². The number of hydrogen-bond donors (Lipinski definition) is 3.